The van der Waals surface area contributed by atoms with Gasteiger partial charge < -0.3 is 15.2 Å². The zero-order valence-electron chi connectivity index (χ0n) is 16.5. The minimum atomic E-state index is -1.09. The summed E-state index contributed by atoms with van der Waals surface area (Å²) >= 11 is 0. The second-order valence-electron chi connectivity index (χ2n) is 7.24. The van der Waals surface area contributed by atoms with E-state index in [1.54, 1.807) is 26.8 Å². The van der Waals surface area contributed by atoms with E-state index in [2.05, 4.69) is 18.0 Å². The van der Waals surface area contributed by atoms with Crippen LogP contribution in [0.5, 0.6) is 0 Å². The van der Waals surface area contributed by atoms with E-state index in [-0.39, 0.29) is 6.42 Å². The minimum absolute atomic E-state index is 0.264. The fourth-order valence-corrected chi connectivity index (χ4v) is 2.38. The number of nitrogens with one attached hydrogen (secondary N) is 1. The third kappa shape index (κ3) is 8.90. The topological polar surface area (TPSA) is 75.6 Å². The third-order valence-corrected chi connectivity index (χ3v) is 3.56. The molecule has 0 bridgehead atoms. The molecule has 1 atom stereocenters. The van der Waals surface area contributed by atoms with E-state index in [9.17, 15) is 14.7 Å². The van der Waals surface area contributed by atoms with Crippen molar-refractivity contribution >= 4 is 17.6 Å². The first kappa shape index (κ1) is 22.2. The van der Waals surface area contributed by atoms with E-state index in [1.165, 1.54) is 0 Å². The molecule has 0 unspecified atom stereocenters. The molecule has 0 aliphatic carbocycles. The number of carbonyl (C=O) groups excluding carboxylic acids is 1. The zero-order chi connectivity index (χ0) is 20.4. The van der Waals surface area contributed by atoms with Crippen molar-refractivity contribution in [2.75, 3.05) is 0 Å². The van der Waals surface area contributed by atoms with Gasteiger partial charge in [-0.1, -0.05) is 60.7 Å². The third-order valence-electron chi connectivity index (χ3n) is 3.56. The molecular weight excluding hydrogens is 342 g/mol. The SMILES string of the molecule is C=C/C=C(\C=C/CC[C@H](NC(=O)OC(C)(C)C)C(=O)O)c1cccc(C)c1. The zero-order valence-corrected chi connectivity index (χ0v) is 16.5. The largest absolute Gasteiger partial charge is 0.480 e. The Morgan fingerprint density at radius 3 is 2.59 bits per heavy atom. The highest BCUT2D eigenvalue weighted by molar-refractivity contribution is 5.80. The molecular formula is C22H29NO4. The van der Waals surface area contributed by atoms with Gasteiger partial charge in [0.1, 0.15) is 11.6 Å². The standard InChI is InChI=1S/C22H29NO4/c1-6-10-17(18-13-9-11-16(2)15-18)12-7-8-14-19(20(24)25)23-21(26)27-22(3,4)5/h6-7,9-13,15,19H,1,8,14H2,2-5H3,(H,23,26)(H,24,25)/b12-7-,17-10+/t19-/m0/s1. The lowest BCUT2D eigenvalue weighted by Gasteiger charge is -2.21. The van der Waals surface area contributed by atoms with Gasteiger partial charge in [0.25, 0.3) is 0 Å². The number of aliphatic carboxylic acids is 1. The highest BCUT2D eigenvalue weighted by Gasteiger charge is 2.23. The molecule has 0 aliphatic heterocycles. The molecule has 146 valence electrons. The molecule has 1 amide bonds. The van der Waals surface area contributed by atoms with E-state index in [4.69, 9.17) is 4.74 Å². The highest BCUT2D eigenvalue weighted by Crippen LogP contribution is 2.18. The van der Waals surface area contributed by atoms with Gasteiger partial charge in [-0.2, -0.15) is 0 Å². The monoisotopic (exact) mass is 371 g/mol. The van der Waals surface area contributed by atoms with Crippen molar-refractivity contribution in [1.82, 2.24) is 5.32 Å². The molecule has 5 heteroatoms. The van der Waals surface area contributed by atoms with Crippen LogP contribution in [0.25, 0.3) is 5.57 Å². The fraction of sp³-hybridized carbons (Fsp3) is 0.364. The number of benzene rings is 1. The quantitative estimate of drug-likeness (QED) is 0.639. The van der Waals surface area contributed by atoms with Gasteiger partial charge >= 0.3 is 12.1 Å². The number of carbonyl (C=O) groups is 2. The average Bonchev–Trinajstić information content (AvgIpc) is 2.54. The second-order valence-corrected chi connectivity index (χ2v) is 7.24. The summed E-state index contributed by atoms with van der Waals surface area (Å²) in [6.07, 6.45) is 7.47. The number of allylic oxidation sites excluding steroid dienone is 5. The Morgan fingerprint density at radius 1 is 1.33 bits per heavy atom. The van der Waals surface area contributed by atoms with Crippen LogP contribution in [0, 0.1) is 6.92 Å². The first-order valence-electron chi connectivity index (χ1n) is 8.91. The number of amides is 1. The molecule has 5 nitrogen and oxygen atoms in total. The second kappa shape index (κ2) is 10.4. The smallest absolute Gasteiger partial charge is 0.408 e. The molecule has 0 spiro atoms. The van der Waals surface area contributed by atoms with Crippen LogP contribution in [0.1, 0.15) is 44.7 Å². The Morgan fingerprint density at radius 2 is 2.04 bits per heavy atom. The molecule has 0 aliphatic rings. The summed E-state index contributed by atoms with van der Waals surface area (Å²) < 4.78 is 5.11. The van der Waals surface area contributed by atoms with Gasteiger partial charge in [-0.15, -0.1) is 0 Å². The van der Waals surface area contributed by atoms with Gasteiger partial charge in [-0.3, -0.25) is 0 Å². The highest BCUT2D eigenvalue weighted by atomic mass is 16.6. The van der Waals surface area contributed by atoms with Crippen molar-refractivity contribution in [2.45, 2.75) is 52.2 Å². The maximum Gasteiger partial charge on any atom is 0.408 e. The summed E-state index contributed by atoms with van der Waals surface area (Å²) in [5.41, 5.74) is 2.53. The number of hydrogen-bond donors (Lipinski definition) is 2. The lowest BCUT2D eigenvalue weighted by Crippen LogP contribution is -2.43. The van der Waals surface area contributed by atoms with Crippen LogP contribution in [-0.4, -0.2) is 28.8 Å². The van der Waals surface area contributed by atoms with E-state index >= 15 is 0 Å². The van der Waals surface area contributed by atoms with Gasteiger partial charge in [0.05, 0.1) is 0 Å². The normalized spacial score (nSPS) is 13.3. The van der Waals surface area contributed by atoms with Crippen LogP contribution >= 0.6 is 0 Å². The van der Waals surface area contributed by atoms with E-state index in [0.717, 1.165) is 16.7 Å². The molecule has 0 saturated heterocycles. The maximum absolute atomic E-state index is 11.8. The molecule has 0 radical (unpaired) electrons. The Labute approximate surface area is 161 Å². The summed E-state index contributed by atoms with van der Waals surface area (Å²) in [6.45, 7) is 10.9. The molecule has 0 heterocycles. The van der Waals surface area contributed by atoms with Crippen LogP contribution in [0.15, 0.2) is 55.1 Å². The minimum Gasteiger partial charge on any atom is -0.480 e. The summed E-state index contributed by atoms with van der Waals surface area (Å²) in [7, 11) is 0. The van der Waals surface area contributed by atoms with Crippen molar-refractivity contribution in [3.63, 3.8) is 0 Å². The van der Waals surface area contributed by atoms with Crippen molar-refractivity contribution < 1.29 is 19.4 Å². The van der Waals surface area contributed by atoms with Crippen LogP contribution < -0.4 is 5.32 Å². The van der Waals surface area contributed by atoms with Crippen molar-refractivity contribution in [3.8, 4) is 0 Å². The molecule has 2 N–H and O–H groups in total. The number of rotatable bonds is 8. The predicted octanol–water partition coefficient (Wildman–Crippen LogP) is 4.88. The molecule has 1 rings (SSSR count). The number of hydrogen-bond acceptors (Lipinski definition) is 3. The van der Waals surface area contributed by atoms with Gasteiger partial charge in [0, 0.05) is 0 Å². The van der Waals surface area contributed by atoms with E-state index in [0.29, 0.717) is 6.42 Å². The van der Waals surface area contributed by atoms with Gasteiger partial charge in [0.2, 0.25) is 0 Å². The number of carboxylic acids is 1. The molecule has 1 aromatic rings. The van der Waals surface area contributed by atoms with Crippen LogP contribution in [0.2, 0.25) is 0 Å². The van der Waals surface area contributed by atoms with E-state index in [1.807, 2.05) is 43.4 Å². The lowest BCUT2D eigenvalue weighted by molar-refractivity contribution is -0.139. The maximum atomic E-state index is 11.8. The molecule has 0 fully saturated rings. The fourth-order valence-electron chi connectivity index (χ4n) is 2.38. The Balaban J connectivity index is 2.70. The summed E-state index contributed by atoms with van der Waals surface area (Å²) in [5, 5.41) is 11.7. The molecule has 1 aromatic carbocycles. The number of ether oxygens (including phenoxy) is 1. The average molecular weight is 371 g/mol. The van der Waals surface area contributed by atoms with Gasteiger partial charge in [-0.25, -0.2) is 9.59 Å². The molecule has 27 heavy (non-hydrogen) atoms. The van der Waals surface area contributed by atoms with E-state index < -0.39 is 23.7 Å². The number of alkyl carbamates (subject to hydrolysis) is 1. The van der Waals surface area contributed by atoms with Gasteiger partial charge in [-0.05, 0) is 51.7 Å². The summed E-state index contributed by atoms with van der Waals surface area (Å²) in [6, 6.07) is 7.09. The molecule has 0 saturated carbocycles. The van der Waals surface area contributed by atoms with Crippen LogP contribution in [0.4, 0.5) is 4.79 Å². The van der Waals surface area contributed by atoms with Crippen molar-refractivity contribution in [2.24, 2.45) is 0 Å². The predicted molar refractivity (Wildman–Crippen MR) is 109 cm³/mol. The first-order chi connectivity index (χ1) is 12.6. The summed E-state index contributed by atoms with van der Waals surface area (Å²) in [5.74, 6) is -1.09. The Kier molecular flexibility index (Phi) is 8.52. The van der Waals surface area contributed by atoms with Crippen molar-refractivity contribution in [3.05, 3.63) is 66.3 Å². The number of carboxylic acid groups (broad SMARTS) is 1. The first-order valence-corrected chi connectivity index (χ1v) is 8.91. The van der Waals surface area contributed by atoms with Gasteiger partial charge in [0.15, 0.2) is 0 Å². The molecule has 0 aromatic heterocycles. The Bertz CT molecular complexity index is 726. The number of aryl methyl sites for hydroxylation is 1. The van der Waals surface area contributed by atoms with Crippen LogP contribution in [-0.2, 0) is 9.53 Å². The lowest BCUT2D eigenvalue weighted by atomic mass is 10.0. The van der Waals surface area contributed by atoms with Crippen LogP contribution in [0.3, 0.4) is 0 Å². The van der Waals surface area contributed by atoms with Crippen molar-refractivity contribution in [1.29, 1.82) is 0 Å². The Hall–Kier alpha value is -2.82. The summed E-state index contributed by atoms with van der Waals surface area (Å²) in [4.78, 5) is 23.2.